The minimum atomic E-state index is 0.490. The van der Waals surface area contributed by atoms with Crippen molar-refractivity contribution < 1.29 is 14.3 Å². The lowest BCUT2D eigenvalue weighted by Crippen LogP contribution is -2.16. The zero-order chi connectivity index (χ0) is 14.7. The number of carbonyl (C=O) groups excluding carboxylic acids is 2. The molecule has 0 aliphatic heterocycles. The average Bonchev–Trinajstić information content (AvgIpc) is 2.94. The molecule has 1 heterocycles. The van der Waals surface area contributed by atoms with Gasteiger partial charge >= 0.3 is 0 Å². The Morgan fingerprint density at radius 2 is 2.10 bits per heavy atom. The number of hydrogen-bond acceptors (Lipinski definition) is 4. The number of hydrogen-bond donors (Lipinski definition) is 0. The highest BCUT2D eigenvalue weighted by atomic mass is 16.5. The van der Waals surface area contributed by atoms with Crippen LogP contribution in [0.2, 0.25) is 0 Å². The summed E-state index contributed by atoms with van der Waals surface area (Å²) < 4.78 is 6.91. The van der Waals surface area contributed by atoms with Gasteiger partial charge in [-0.1, -0.05) is 0 Å². The van der Waals surface area contributed by atoms with Crippen molar-refractivity contribution in [1.29, 1.82) is 0 Å². The second-order valence-electron chi connectivity index (χ2n) is 4.37. The number of benzene rings is 1. The Balaban J connectivity index is 2.57. The average molecular weight is 273 g/mol. The van der Waals surface area contributed by atoms with Crippen LogP contribution in [0.15, 0.2) is 24.5 Å². The van der Waals surface area contributed by atoms with E-state index in [4.69, 9.17) is 4.74 Å². The maximum Gasteiger partial charge on any atom is 0.213 e. The Labute approximate surface area is 116 Å². The van der Waals surface area contributed by atoms with Crippen molar-refractivity contribution in [2.45, 2.75) is 6.92 Å². The molecule has 2 rings (SSSR count). The van der Waals surface area contributed by atoms with Crippen molar-refractivity contribution >= 4 is 18.4 Å². The number of rotatable bonds is 5. The van der Waals surface area contributed by atoms with E-state index in [2.05, 4.69) is 5.10 Å². The number of carbonyl (C=O) groups is 2. The van der Waals surface area contributed by atoms with Gasteiger partial charge in [0.15, 0.2) is 6.29 Å². The number of aryl methyl sites for hydroxylation is 1. The number of anilines is 1. The van der Waals surface area contributed by atoms with Crippen LogP contribution in [0.5, 0.6) is 5.75 Å². The highest BCUT2D eigenvalue weighted by molar-refractivity contribution is 5.80. The van der Waals surface area contributed by atoms with Crippen LogP contribution in [0, 0.1) is 6.92 Å². The van der Waals surface area contributed by atoms with Crippen LogP contribution in [0.4, 0.5) is 5.69 Å². The van der Waals surface area contributed by atoms with Crippen LogP contribution in [0.25, 0.3) is 5.69 Å². The summed E-state index contributed by atoms with van der Waals surface area (Å²) in [7, 11) is 3.20. The fourth-order valence-corrected chi connectivity index (χ4v) is 1.99. The Morgan fingerprint density at radius 1 is 1.35 bits per heavy atom. The third-order valence-corrected chi connectivity index (χ3v) is 2.99. The first kappa shape index (κ1) is 13.8. The van der Waals surface area contributed by atoms with Crippen molar-refractivity contribution in [3.05, 3.63) is 35.7 Å². The Kier molecular flexibility index (Phi) is 3.84. The summed E-state index contributed by atoms with van der Waals surface area (Å²) in [6.45, 7) is 1.88. The van der Waals surface area contributed by atoms with E-state index in [9.17, 15) is 9.59 Å². The normalized spacial score (nSPS) is 10.2. The lowest BCUT2D eigenvalue weighted by atomic mass is 10.1. The maximum atomic E-state index is 11.0. The zero-order valence-corrected chi connectivity index (χ0v) is 11.5. The zero-order valence-electron chi connectivity index (χ0n) is 11.5. The van der Waals surface area contributed by atoms with Gasteiger partial charge in [0, 0.05) is 13.2 Å². The van der Waals surface area contributed by atoms with E-state index in [0.29, 0.717) is 23.4 Å². The summed E-state index contributed by atoms with van der Waals surface area (Å²) in [5, 5.41) is 4.12. The minimum absolute atomic E-state index is 0.490. The highest BCUT2D eigenvalue weighted by Crippen LogP contribution is 2.33. The van der Waals surface area contributed by atoms with E-state index in [1.54, 1.807) is 31.1 Å². The van der Waals surface area contributed by atoms with Crippen LogP contribution in [-0.2, 0) is 4.79 Å². The molecule has 2 aromatic rings. The molecule has 0 bridgehead atoms. The number of methoxy groups -OCH3 is 1. The van der Waals surface area contributed by atoms with Gasteiger partial charge in [-0.2, -0.15) is 5.10 Å². The molecule has 6 nitrogen and oxygen atoms in total. The molecule has 0 atom stereocenters. The molecule has 1 aromatic carbocycles. The van der Waals surface area contributed by atoms with Gasteiger partial charge < -0.3 is 9.64 Å². The first-order chi connectivity index (χ1) is 9.60. The summed E-state index contributed by atoms with van der Waals surface area (Å²) in [5.41, 5.74) is 2.75. The molecular weight excluding hydrogens is 258 g/mol. The molecule has 104 valence electrons. The largest absolute Gasteiger partial charge is 0.494 e. The van der Waals surface area contributed by atoms with E-state index in [1.807, 2.05) is 13.0 Å². The second-order valence-corrected chi connectivity index (χ2v) is 4.37. The van der Waals surface area contributed by atoms with Gasteiger partial charge in [0.1, 0.15) is 5.75 Å². The fourth-order valence-electron chi connectivity index (χ4n) is 1.99. The SMILES string of the molecule is COc1c(C)cc(-n2cc(C=O)cn2)cc1N(C)C=O. The molecule has 0 saturated heterocycles. The van der Waals surface area contributed by atoms with Crippen molar-refractivity contribution in [3.8, 4) is 11.4 Å². The first-order valence-corrected chi connectivity index (χ1v) is 5.97. The van der Waals surface area contributed by atoms with Crippen molar-refractivity contribution in [3.63, 3.8) is 0 Å². The van der Waals surface area contributed by atoms with Crippen LogP contribution in [-0.4, -0.2) is 36.6 Å². The molecule has 0 saturated carbocycles. The molecule has 0 aliphatic rings. The van der Waals surface area contributed by atoms with Crippen molar-refractivity contribution in [2.75, 3.05) is 19.1 Å². The van der Waals surface area contributed by atoms with Crippen molar-refractivity contribution in [2.24, 2.45) is 0 Å². The predicted octanol–water partition coefficient (Wildman–Crippen LogP) is 1.59. The summed E-state index contributed by atoms with van der Waals surface area (Å²) in [6, 6.07) is 3.66. The first-order valence-electron chi connectivity index (χ1n) is 5.97. The third-order valence-electron chi connectivity index (χ3n) is 2.99. The van der Waals surface area contributed by atoms with Gasteiger partial charge in [-0.05, 0) is 24.6 Å². The maximum absolute atomic E-state index is 11.0. The number of amides is 1. The fraction of sp³-hybridized carbons (Fsp3) is 0.214. The summed E-state index contributed by atoms with van der Waals surface area (Å²) >= 11 is 0. The number of ether oxygens (including phenoxy) is 1. The highest BCUT2D eigenvalue weighted by Gasteiger charge is 2.13. The van der Waals surface area contributed by atoms with Gasteiger partial charge in [0.25, 0.3) is 0 Å². The second kappa shape index (κ2) is 5.56. The molecule has 20 heavy (non-hydrogen) atoms. The lowest BCUT2D eigenvalue weighted by Gasteiger charge is -2.18. The summed E-state index contributed by atoms with van der Waals surface area (Å²) in [5.74, 6) is 0.631. The molecule has 6 heteroatoms. The molecule has 0 aliphatic carbocycles. The van der Waals surface area contributed by atoms with Crippen LogP contribution < -0.4 is 9.64 Å². The van der Waals surface area contributed by atoms with Crippen LogP contribution in [0.1, 0.15) is 15.9 Å². The van der Waals surface area contributed by atoms with E-state index < -0.39 is 0 Å². The van der Waals surface area contributed by atoms with Gasteiger partial charge in [0.05, 0.1) is 30.2 Å². The molecule has 1 aromatic heterocycles. The van der Waals surface area contributed by atoms with Crippen LogP contribution in [0.3, 0.4) is 0 Å². The molecule has 0 unspecified atom stereocenters. The van der Waals surface area contributed by atoms with Gasteiger partial charge in [-0.25, -0.2) is 4.68 Å². The number of aldehydes is 1. The Morgan fingerprint density at radius 3 is 2.65 bits per heavy atom. The monoisotopic (exact) mass is 273 g/mol. The Hall–Kier alpha value is -2.63. The van der Waals surface area contributed by atoms with E-state index in [0.717, 1.165) is 17.5 Å². The topological polar surface area (TPSA) is 64.4 Å². The smallest absolute Gasteiger partial charge is 0.213 e. The Bertz CT molecular complexity index is 649. The van der Waals surface area contributed by atoms with E-state index >= 15 is 0 Å². The van der Waals surface area contributed by atoms with Crippen molar-refractivity contribution in [1.82, 2.24) is 9.78 Å². The van der Waals surface area contributed by atoms with Crippen LogP contribution >= 0.6 is 0 Å². The summed E-state index contributed by atoms with van der Waals surface area (Å²) in [4.78, 5) is 23.1. The van der Waals surface area contributed by atoms with E-state index in [-0.39, 0.29) is 0 Å². The minimum Gasteiger partial charge on any atom is -0.494 e. The molecule has 0 spiro atoms. The van der Waals surface area contributed by atoms with Gasteiger partial charge in [0.2, 0.25) is 6.41 Å². The standard InChI is InChI=1S/C14H15N3O3/c1-10-4-12(17-7-11(8-18)6-15-17)5-13(14(10)20-3)16(2)9-19/h4-9H,1-3H3. The molecule has 0 fully saturated rings. The van der Waals surface area contributed by atoms with E-state index in [1.165, 1.54) is 11.1 Å². The number of aromatic nitrogens is 2. The predicted molar refractivity (Wildman–Crippen MR) is 74.7 cm³/mol. The number of nitrogens with zero attached hydrogens (tertiary/aromatic N) is 3. The third kappa shape index (κ3) is 2.40. The molecule has 1 amide bonds. The molecule has 0 N–H and O–H groups in total. The molecular formula is C14H15N3O3. The lowest BCUT2D eigenvalue weighted by molar-refractivity contribution is -0.107. The summed E-state index contributed by atoms with van der Waals surface area (Å²) in [6.07, 6.45) is 4.55. The molecule has 0 radical (unpaired) electrons. The van der Waals surface area contributed by atoms with Gasteiger partial charge in [-0.15, -0.1) is 0 Å². The van der Waals surface area contributed by atoms with Gasteiger partial charge in [-0.3, -0.25) is 9.59 Å². The quantitative estimate of drug-likeness (QED) is 0.776.